The van der Waals surface area contributed by atoms with Crippen LogP contribution in [0.25, 0.3) is 72.7 Å². The molecule has 1 atom stereocenters. The predicted octanol–water partition coefficient (Wildman–Crippen LogP) is 16.3. The monoisotopic (exact) mass is 928 g/mol. The van der Waals surface area contributed by atoms with Crippen LogP contribution >= 0.6 is 0 Å². The third-order valence-electron chi connectivity index (χ3n) is 16.2. The molecule has 356 valence electrons. The first kappa shape index (κ1) is 41.5. The minimum atomic E-state index is -1.27. The first-order valence-electron chi connectivity index (χ1n) is 27.4. The smallest absolute Gasteiger partial charge is 0.392 e. The van der Waals surface area contributed by atoms with E-state index in [0.717, 1.165) is 78.5 Å². The van der Waals surface area contributed by atoms with E-state index in [1.807, 2.05) is 26.8 Å². The highest BCUT2D eigenvalue weighted by molar-refractivity contribution is 5.98. The number of hydrogen-bond acceptors (Lipinski definition) is 1. The number of benzene rings is 6. The molecular weight excluding hydrogens is 851 g/mol. The molecule has 0 amide bonds. The molecule has 11 rings (SSSR count). The third kappa shape index (κ3) is 6.60. The van der Waals surface area contributed by atoms with Crippen molar-refractivity contribution < 1.29 is 19.4 Å². The average Bonchev–Trinajstić information content (AvgIpc) is 3.86. The lowest BCUT2D eigenvalue weighted by Gasteiger charge is -2.39. The quantitative estimate of drug-likeness (QED) is 0.161. The molecular formula is C66H73N3O+2. The Morgan fingerprint density at radius 1 is 0.500 bits per heavy atom. The zero-order valence-corrected chi connectivity index (χ0v) is 44.6. The Morgan fingerprint density at radius 3 is 1.74 bits per heavy atom. The lowest BCUT2D eigenvalue weighted by Crippen LogP contribution is -2.78. The van der Waals surface area contributed by atoms with Crippen molar-refractivity contribution in [2.75, 3.05) is 0 Å². The van der Waals surface area contributed by atoms with Gasteiger partial charge in [0.1, 0.15) is 16.8 Å². The molecule has 0 saturated carbocycles. The zero-order valence-electron chi connectivity index (χ0n) is 48.6. The van der Waals surface area contributed by atoms with Gasteiger partial charge in [0.2, 0.25) is 5.69 Å². The minimum Gasteiger partial charge on any atom is -0.392 e. The number of hydrogen-bond donors (Lipinski definition) is 0. The van der Waals surface area contributed by atoms with Crippen molar-refractivity contribution in [3.05, 3.63) is 167 Å². The average molecular weight is 928 g/mol. The Labute approximate surface area is 423 Å². The molecule has 2 aromatic heterocycles. The summed E-state index contributed by atoms with van der Waals surface area (Å²) in [6, 6.07) is 38.2. The summed E-state index contributed by atoms with van der Waals surface area (Å²) in [5, 5.41) is 0. The van der Waals surface area contributed by atoms with Gasteiger partial charge in [-0.05, 0) is 114 Å². The molecule has 5 heterocycles. The molecule has 1 spiro atoms. The summed E-state index contributed by atoms with van der Waals surface area (Å²) < 4.78 is 53.0. The summed E-state index contributed by atoms with van der Waals surface area (Å²) >= 11 is 0. The van der Waals surface area contributed by atoms with Gasteiger partial charge in [0.15, 0.2) is 23.0 Å². The number of pyridine rings is 1. The zero-order chi connectivity index (χ0) is 53.5. The van der Waals surface area contributed by atoms with Gasteiger partial charge < -0.3 is 4.74 Å². The molecule has 70 heavy (non-hydrogen) atoms. The van der Waals surface area contributed by atoms with Gasteiger partial charge in [-0.1, -0.05) is 190 Å². The normalized spacial score (nSPS) is 17.0. The fraction of sp³-hybridized carbons (Fsp3) is 0.364. The Kier molecular flexibility index (Phi) is 8.69. The van der Waals surface area contributed by atoms with Gasteiger partial charge in [0.05, 0.1) is 11.0 Å². The van der Waals surface area contributed by atoms with Crippen molar-refractivity contribution in [1.82, 2.24) is 4.57 Å². The summed E-state index contributed by atoms with van der Waals surface area (Å²) in [5.41, 5.74) is 16.3. The summed E-state index contributed by atoms with van der Waals surface area (Å²) in [4.78, 5) is 0. The van der Waals surface area contributed by atoms with Crippen LogP contribution in [0.2, 0.25) is 0 Å². The highest BCUT2D eigenvalue weighted by Gasteiger charge is 2.69. The molecule has 0 saturated heterocycles. The Balaban J connectivity index is 1.34. The van der Waals surface area contributed by atoms with Crippen LogP contribution in [0.5, 0.6) is 5.75 Å². The van der Waals surface area contributed by atoms with E-state index in [-0.39, 0.29) is 56.8 Å². The molecule has 0 fully saturated rings. The number of ether oxygens (including phenoxy) is 1. The molecule has 4 nitrogen and oxygen atoms in total. The SMILES string of the molecule is [2H]c1c([2H])c(C(C)(C)C)c([2H])c([2H])c1-c1cc[n+]2c(c1)-c1cc(C(C)(C)C)cc3c1C21Oc2c(cc(C(C)(C)C)cc2C(C)(C)C)-c2n(-c4ccc(C(C)(C)C(C)(C)C)cc4-c4ccccc4)c4cccc-3c4[n+]21. The fourth-order valence-electron chi connectivity index (χ4n) is 11.0. The van der Waals surface area contributed by atoms with Crippen LogP contribution in [0.15, 0.2) is 133 Å². The van der Waals surface area contributed by atoms with E-state index >= 15 is 0 Å². The molecule has 0 N–H and O–H groups in total. The largest absolute Gasteiger partial charge is 0.499 e. The van der Waals surface area contributed by atoms with Crippen LogP contribution in [0.1, 0.15) is 157 Å². The molecule has 3 aliphatic heterocycles. The number of aromatic nitrogens is 3. The van der Waals surface area contributed by atoms with E-state index in [2.05, 4.69) is 214 Å². The molecule has 8 aromatic rings. The van der Waals surface area contributed by atoms with Crippen LogP contribution in [0.4, 0.5) is 0 Å². The van der Waals surface area contributed by atoms with E-state index < -0.39 is 11.3 Å². The second-order valence-electron chi connectivity index (χ2n) is 26.1. The molecule has 0 bridgehead atoms. The maximum atomic E-state index is 9.48. The maximum Gasteiger partial charge on any atom is 0.499 e. The van der Waals surface area contributed by atoms with E-state index in [1.165, 1.54) is 16.7 Å². The van der Waals surface area contributed by atoms with Gasteiger partial charge >= 0.3 is 11.7 Å². The first-order chi connectivity index (χ1) is 34.3. The lowest BCUT2D eigenvalue weighted by atomic mass is 9.65. The van der Waals surface area contributed by atoms with Gasteiger partial charge in [-0.2, -0.15) is 4.57 Å². The van der Waals surface area contributed by atoms with Gasteiger partial charge in [0, 0.05) is 34.4 Å². The van der Waals surface area contributed by atoms with E-state index in [1.54, 1.807) is 0 Å². The summed E-state index contributed by atoms with van der Waals surface area (Å²) in [5.74, 6) is 0.580. The highest BCUT2D eigenvalue weighted by atomic mass is 16.5. The molecule has 0 aliphatic carbocycles. The van der Waals surface area contributed by atoms with E-state index in [4.69, 9.17) is 4.74 Å². The van der Waals surface area contributed by atoms with Crippen molar-refractivity contribution in [3.8, 4) is 67.5 Å². The number of para-hydroxylation sites is 1. The molecule has 6 aromatic carbocycles. The highest BCUT2D eigenvalue weighted by Crippen LogP contribution is 2.57. The predicted molar refractivity (Wildman–Crippen MR) is 291 cm³/mol. The number of rotatable bonds is 4. The van der Waals surface area contributed by atoms with Gasteiger partial charge in [0.25, 0.3) is 0 Å². The van der Waals surface area contributed by atoms with Crippen LogP contribution in [-0.4, -0.2) is 4.57 Å². The van der Waals surface area contributed by atoms with Crippen LogP contribution in [-0.2, 0) is 32.9 Å². The number of imidazole rings is 1. The van der Waals surface area contributed by atoms with Crippen molar-refractivity contribution in [1.29, 1.82) is 0 Å². The van der Waals surface area contributed by atoms with Gasteiger partial charge in [-0.25, -0.2) is 0 Å². The number of fused-ring (bicyclic) bond motifs is 5. The first-order valence-corrected chi connectivity index (χ1v) is 25.4. The summed E-state index contributed by atoms with van der Waals surface area (Å²) in [7, 11) is 0. The molecule has 0 radical (unpaired) electrons. The molecule has 4 heteroatoms. The van der Waals surface area contributed by atoms with Crippen molar-refractivity contribution in [2.24, 2.45) is 5.41 Å². The van der Waals surface area contributed by atoms with Gasteiger partial charge in [-0.15, -0.1) is 9.13 Å². The van der Waals surface area contributed by atoms with Crippen molar-refractivity contribution in [3.63, 3.8) is 0 Å². The summed E-state index contributed by atoms with van der Waals surface area (Å²) in [6.07, 6.45) is 2.08. The lowest BCUT2D eigenvalue weighted by molar-refractivity contribution is -0.997. The van der Waals surface area contributed by atoms with Gasteiger partial charge in [-0.3, -0.25) is 0 Å². The topological polar surface area (TPSA) is 21.9 Å². The third-order valence-corrected chi connectivity index (χ3v) is 16.2. The van der Waals surface area contributed by atoms with Crippen molar-refractivity contribution in [2.45, 2.75) is 151 Å². The minimum absolute atomic E-state index is 0.00504. The van der Waals surface area contributed by atoms with Crippen LogP contribution in [0.3, 0.4) is 0 Å². The van der Waals surface area contributed by atoms with E-state index in [0.29, 0.717) is 11.1 Å². The van der Waals surface area contributed by atoms with E-state index in [9.17, 15) is 5.48 Å². The number of nitrogens with zero attached hydrogens (tertiary/aromatic N) is 3. The molecule has 3 aliphatic rings. The fourth-order valence-corrected chi connectivity index (χ4v) is 11.0. The Bertz CT molecular complexity index is 3700. The second-order valence-corrected chi connectivity index (χ2v) is 26.1. The van der Waals surface area contributed by atoms with Crippen LogP contribution < -0.4 is 13.9 Å². The maximum absolute atomic E-state index is 9.48. The second kappa shape index (κ2) is 14.7. The molecule has 1 unspecified atom stereocenters. The van der Waals surface area contributed by atoms with Crippen molar-refractivity contribution >= 4 is 11.0 Å². The summed E-state index contributed by atoms with van der Waals surface area (Å²) in [6.45, 7) is 38.1. The Morgan fingerprint density at radius 2 is 1.11 bits per heavy atom. The standard InChI is InChI=1S/C66H73N3O/c1-60(2,3)43-28-26-40(27-29-43)42-32-33-67-55(34-42)50-37-45(61(4,5)6)36-49-47-24-21-25-54-57(47)69-59(51-38-46(62(7,8)9)39-52(63(10,11)12)58(51)70-66(67,69)56(49)50)68(54)53-31-30-44(65(16,17)64(13,14)15)35-48(53)41-22-19-18-20-23-41/h18-39H,1-17H3/q+2/i26D,27D,28D,29D. The van der Waals surface area contributed by atoms with Crippen LogP contribution in [0, 0.1) is 5.41 Å². The Hall–Kier alpha value is -6.26.